The molecule has 0 spiro atoms. The van der Waals surface area contributed by atoms with E-state index in [0.717, 1.165) is 12.2 Å². The van der Waals surface area contributed by atoms with Crippen molar-refractivity contribution in [2.45, 2.75) is 70.2 Å². The van der Waals surface area contributed by atoms with Crippen LogP contribution in [0.2, 0.25) is 0 Å². The quantitative estimate of drug-likeness (QED) is 0.651. The minimum absolute atomic E-state index is 0.0185. The molecule has 0 aliphatic heterocycles. The van der Waals surface area contributed by atoms with E-state index in [1.165, 1.54) is 36.6 Å². The Labute approximate surface area is 170 Å². The number of benzene rings is 1. The fourth-order valence-corrected chi connectivity index (χ4v) is 3.95. The highest BCUT2D eigenvalue weighted by Crippen LogP contribution is 2.24. The average molecular weight is 404 g/mol. The van der Waals surface area contributed by atoms with Crippen LogP contribution in [0.4, 0.5) is 0 Å². The molecule has 28 heavy (non-hydrogen) atoms. The Morgan fingerprint density at radius 1 is 1.25 bits per heavy atom. The molecule has 1 aliphatic rings. The van der Waals surface area contributed by atoms with Gasteiger partial charge in [-0.05, 0) is 42.4 Å². The second-order valence-electron chi connectivity index (χ2n) is 7.70. The van der Waals surface area contributed by atoms with Gasteiger partial charge in [-0.1, -0.05) is 57.5 Å². The van der Waals surface area contributed by atoms with Crippen LogP contribution in [-0.4, -0.2) is 27.9 Å². The summed E-state index contributed by atoms with van der Waals surface area (Å²) in [7, 11) is 0. The summed E-state index contributed by atoms with van der Waals surface area (Å²) in [5, 5.41) is 11.5. The Bertz CT molecular complexity index is 761. The Kier molecular flexibility index (Phi) is 7.36. The third-order valence-electron chi connectivity index (χ3n) is 5.14. The van der Waals surface area contributed by atoms with E-state index in [1.807, 2.05) is 12.1 Å². The lowest BCUT2D eigenvalue weighted by Gasteiger charge is -2.29. The van der Waals surface area contributed by atoms with E-state index in [4.69, 9.17) is 9.15 Å². The van der Waals surface area contributed by atoms with Crippen molar-refractivity contribution in [1.29, 1.82) is 0 Å². The number of ether oxygens (including phenoxy) is 1. The predicted molar refractivity (Wildman–Crippen MR) is 109 cm³/mol. The second kappa shape index (κ2) is 9.96. The van der Waals surface area contributed by atoms with E-state index in [0.29, 0.717) is 22.9 Å². The van der Waals surface area contributed by atoms with Crippen LogP contribution >= 0.6 is 11.8 Å². The van der Waals surface area contributed by atoms with Crippen molar-refractivity contribution in [3.8, 4) is 5.75 Å². The molecule has 1 aromatic heterocycles. The third-order valence-corrected chi connectivity index (χ3v) is 5.96. The van der Waals surface area contributed by atoms with Gasteiger partial charge < -0.3 is 14.5 Å². The van der Waals surface area contributed by atoms with Gasteiger partial charge in [0.1, 0.15) is 5.75 Å². The third kappa shape index (κ3) is 5.99. The van der Waals surface area contributed by atoms with Crippen molar-refractivity contribution < 1.29 is 13.9 Å². The minimum atomic E-state index is 0.0185. The summed E-state index contributed by atoms with van der Waals surface area (Å²) in [5.41, 5.74) is 1.27. The van der Waals surface area contributed by atoms with Crippen molar-refractivity contribution in [1.82, 2.24) is 15.5 Å². The smallest absolute Gasteiger partial charge is 0.277 e. The number of carbonyl (C=O) groups is 1. The Hall–Kier alpha value is -2.02. The summed E-state index contributed by atoms with van der Waals surface area (Å²) in [6.07, 6.45) is 4.70. The predicted octanol–water partition coefficient (Wildman–Crippen LogP) is 4.56. The maximum absolute atomic E-state index is 12.2. The molecule has 1 aliphatic carbocycles. The number of rotatable bonds is 8. The van der Waals surface area contributed by atoms with Crippen molar-refractivity contribution >= 4 is 17.7 Å². The van der Waals surface area contributed by atoms with E-state index in [9.17, 15) is 4.79 Å². The molecule has 0 saturated heterocycles. The average Bonchev–Trinajstić information content (AvgIpc) is 3.15. The first-order chi connectivity index (χ1) is 13.5. The number of aromatic nitrogens is 2. The summed E-state index contributed by atoms with van der Waals surface area (Å²) in [6, 6.07) is 8.29. The van der Waals surface area contributed by atoms with Crippen molar-refractivity contribution in [2.24, 2.45) is 5.92 Å². The van der Waals surface area contributed by atoms with E-state index in [-0.39, 0.29) is 24.3 Å². The first-order valence-corrected chi connectivity index (χ1v) is 11.0. The Morgan fingerprint density at radius 3 is 2.71 bits per heavy atom. The highest BCUT2D eigenvalue weighted by Gasteiger charge is 2.23. The maximum atomic E-state index is 12.2. The molecular weight excluding hydrogens is 374 g/mol. The standard InChI is InChI=1S/C21H29N3O3S/c1-14(2)16-8-10-17(11-9-16)26-12-20-23-24-21(27-20)28-13-19(25)22-18-7-5-4-6-15(18)3/h8-11,14-15,18H,4-7,12-13H2,1-3H3,(H,22,25). The Balaban J connectivity index is 1.41. The van der Waals surface area contributed by atoms with Gasteiger partial charge in [-0.2, -0.15) is 0 Å². The molecule has 1 N–H and O–H groups in total. The van der Waals surface area contributed by atoms with Crippen molar-refractivity contribution in [2.75, 3.05) is 5.75 Å². The first-order valence-electron chi connectivity index (χ1n) is 9.98. The zero-order valence-corrected chi connectivity index (χ0v) is 17.6. The lowest BCUT2D eigenvalue weighted by Crippen LogP contribution is -2.41. The summed E-state index contributed by atoms with van der Waals surface area (Å²) in [5.74, 6) is 2.50. The zero-order valence-electron chi connectivity index (χ0n) is 16.8. The fraction of sp³-hybridized carbons (Fsp3) is 0.571. The van der Waals surface area contributed by atoms with E-state index >= 15 is 0 Å². The summed E-state index contributed by atoms with van der Waals surface area (Å²) in [6.45, 7) is 6.73. The van der Waals surface area contributed by atoms with Crippen LogP contribution in [0.15, 0.2) is 33.9 Å². The Morgan fingerprint density at radius 2 is 2.00 bits per heavy atom. The molecule has 3 rings (SSSR count). The van der Waals surface area contributed by atoms with E-state index < -0.39 is 0 Å². The monoisotopic (exact) mass is 403 g/mol. The zero-order chi connectivity index (χ0) is 19.9. The van der Waals surface area contributed by atoms with Gasteiger partial charge in [0.15, 0.2) is 6.61 Å². The van der Waals surface area contributed by atoms with Gasteiger partial charge >= 0.3 is 0 Å². The molecule has 1 aromatic carbocycles. The number of nitrogens with one attached hydrogen (secondary N) is 1. The van der Waals surface area contributed by atoms with E-state index in [2.05, 4.69) is 48.4 Å². The molecular formula is C21H29N3O3S. The van der Waals surface area contributed by atoms with Gasteiger partial charge in [0, 0.05) is 6.04 Å². The molecule has 7 heteroatoms. The molecule has 2 aromatic rings. The van der Waals surface area contributed by atoms with Crippen LogP contribution in [0.3, 0.4) is 0 Å². The van der Waals surface area contributed by atoms with Crippen LogP contribution in [0.25, 0.3) is 0 Å². The summed E-state index contributed by atoms with van der Waals surface area (Å²) < 4.78 is 11.3. The van der Waals surface area contributed by atoms with Gasteiger partial charge in [0.2, 0.25) is 5.91 Å². The topological polar surface area (TPSA) is 77.2 Å². The normalized spacial score (nSPS) is 19.6. The number of nitrogens with zero attached hydrogens (tertiary/aromatic N) is 2. The number of hydrogen-bond acceptors (Lipinski definition) is 6. The lowest BCUT2D eigenvalue weighted by molar-refractivity contribution is -0.119. The molecule has 1 fully saturated rings. The lowest BCUT2D eigenvalue weighted by atomic mass is 9.86. The summed E-state index contributed by atoms with van der Waals surface area (Å²) in [4.78, 5) is 12.2. The van der Waals surface area contributed by atoms with E-state index in [1.54, 1.807) is 0 Å². The second-order valence-corrected chi connectivity index (χ2v) is 8.63. The molecule has 0 radical (unpaired) electrons. The molecule has 2 atom stereocenters. The summed E-state index contributed by atoms with van der Waals surface area (Å²) >= 11 is 1.26. The number of amides is 1. The van der Waals surface area contributed by atoms with Crippen LogP contribution in [0.5, 0.6) is 5.75 Å². The van der Waals surface area contributed by atoms with Gasteiger partial charge in [0.25, 0.3) is 11.1 Å². The van der Waals surface area contributed by atoms with Gasteiger partial charge in [0.05, 0.1) is 5.75 Å². The van der Waals surface area contributed by atoms with Gasteiger partial charge in [-0.3, -0.25) is 4.79 Å². The number of hydrogen-bond donors (Lipinski definition) is 1. The molecule has 2 unspecified atom stereocenters. The molecule has 1 heterocycles. The van der Waals surface area contributed by atoms with Crippen LogP contribution in [0, 0.1) is 5.92 Å². The largest absolute Gasteiger partial charge is 0.484 e. The van der Waals surface area contributed by atoms with Crippen LogP contribution in [-0.2, 0) is 11.4 Å². The van der Waals surface area contributed by atoms with Crippen LogP contribution < -0.4 is 10.1 Å². The molecule has 1 amide bonds. The highest BCUT2D eigenvalue weighted by molar-refractivity contribution is 7.99. The minimum Gasteiger partial charge on any atom is -0.484 e. The molecule has 152 valence electrons. The number of carbonyl (C=O) groups excluding carboxylic acids is 1. The van der Waals surface area contributed by atoms with Crippen molar-refractivity contribution in [3.63, 3.8) is 0 Å². The fourth-order valence-electron chi connectivity index (χ4n) is 3.36. The van der Waals surface area contributed by atoms with Crippen LogP contribution in [0.1, 0.15) is 63.8 Å². The molecule has 0 bridgehead atoms. The van der Waals surface area contributed by atoms with Gasteiger partial charge in [-0.25, -0.2) is 0 Å². The highest BCUT2D eigenvalue weighted by atomic mass is 32.2. The van der Waals surface area contributed by atoms with Crippen molar-refractivity contribution in [3.05, 3.63) is 35.7 Å². The number of thioether (sulfide) groups is 1. The first kappa shape index (κ1) is 20.7. The molecule has 6 nitrogen and oxygen atoms in total. The van der Waals surface area contributed by atoms with Gasteiger partial charge in [-0.15, -0.1) is 10.2 Å². The SMILES string of the molecule is CC(C)c1ccc(OCc2nnc(SCC(=O)NC3CCCCC3C)o2)cc1. The maximum Gasteiger partial charge on any atom is 0.277 e. The molecule has 1 saturated carbocycles.